The van der Waals surface area contributed by atoms with Gasteiger partial charge in [-0.25, -0.2) is 4.79 Å². The van der Waals surface area contributed by atoms with Crippen LogP contribution in [0.5, 0.6) is 0 Å². The number of anilines is 1. The van der Waals surface area contributed by atoms with Gasteiger partial charge in [0.05, 0.1) is 17.6 Å². The number of nitrogens with zero attached hydrogens (tertiary/aromatic N) is 1. The molecule has 0 radical (unpaired) electrons. The van der Waals surface area contributed by atoms with Crippen molar-refractivity contribution in [1.29, 1.82) is 0 Å². The number of amides is 1. The second-order valence-corrected chi connectivity index (χ2v) is 5.42. The van der Waals surface area contributed by atoms with Crippen LogP contribution in [0, 0.1) is 10.1 Å². The lowest BCUT2D eigenvalue weighted by Crippen LogP contribution is -2.09. The highest BCUT2D eigenvalue weighted by Crippen LogP contribution is 2.24. The maximum atomic E-state index is 11.8. The fourth-order valence-electron chi connectivity index (χ4n) is 1.71. The van der Waals surface area contributed by atoms with E-state index >= 15 is 0 Å². The van der Waals surface area contributed by atoms with Crippen molar-refractivity contribution in [2.75, 3.05) is 12.4 Å². The fraction of sp³-hybridized carbons (Fsp3) is 0.0667. The second-order valence-electron chi connectivity index (χ2n) is 4.33. The number of esters is 1. The summed E-state index contributed by atoms with van der Waals surface area (Å²) in [5.74, 6) is -0.911. The highest BCUT2D eigenvalue weighted by molar-refractivity contribution is 7.16. The monoisotopic (exact) mass is 332 g/mol. The average Bonchev–Trinajstić information content (AvgIpc) is 3.01. The van der Waals surface area contributed by atoms with E-state index in [1.807, 2.05) is 0 Å². The van der Waals surface area contributed by atoms with Crippen LogP contribution in [0.3, 0.4) is 0 Å². The summed E-state index contributed by atoms with van der Waals surface area (Å²) in [7, 11) is 1.27. The molecule has 1 amide bonds. The van der Waals surface area contributed by atoms with Crippen LogP contribution in [-0.2, 0) is 9.53 Å². The first kappa shape index (κ1) is 16.4. The van der Waals surface area contributed by atoms with Crippen molar-refractivity contribution in [1.82, 2.24) is 0 Å². The molecule has 118 valence electrons. The van der Waals surface area contributed by atoms with E-state index in [1.54, 1.807) is 24.3 Å². The molecule has 8 heteroatoms. The van der Waals surface area contributed by atoms with Gasteiger partial charge in [0.1, 0.15) is 0 Å². The summed E-state index contributed by atoms with van der Waals surface area (Å²) in [5.41, 5.74) is 0.767. The van der Waals surface area contributed by atoms with E-state index in [0.29, 0.717) is 16.1 Å². The predicted molar refractivity (Wildman–Crippen MR) is 86.4 cm³/mol. The molecule has 0 unspecified atom stereocenters. The van der Waals surface area contributed by atoms with Gasteiger partial charge in [-0.1, -0.05) is 17.4 Å². The Labute approximate surface area is 135 Å². The third-order valence-electron chi connectivity index (χ3n) is 2.74. The number of thiophene rings is 1. The van der Waals surface area contributed by atoms with Gasteiger partial charge in [0.25, 0.3) is 0 Å². The van der Waals surface area contributed by atoms with Crippen molar-refractivity contribution in [3.63, 3.8) is 0 Å². The topological polar surface area (TPSA) is 98.5 Å². The minimum absolute atomic E-state index is 0.0100. The normalized spacial score (nSPS) is 10.5. The summed E-state index contributed by atoms with van der Waals surface area (Å²) >= 11 is 0.972. The first-order valence-corrected chi connectivity index (χ1v) is 7.23. The number of nitrogens with one attached hydrogen (secondary N) is 1. The Morgan fingerprint density at radius 1 is 1.30 bits per heavy atom. The molecule has 2 aromatic rings. The summed E-state index contributed by atoms with van der Waals surface area (Å²) in [6.45, 7) is 0. The van der Waals surface area contributed by atoms with E-state index in [0.717, 1.165) is 11.3 Å². The number of hydrogen-bond donors (Lipinski definition) is 1. The third-order valence-corrected chi connectivity index (χ3v) is 3.74. The third kappa shape index (κ3) is 4.48. The molecule has 7 nitrogen and oxygen atoms in total. The predicted octanol–water partition coefficient (Wildman–Crippen LogP) is 3.09. The fourth-order valence-corrected chi connectivity index (χ4v) is 2.44. The molecule has 0 aliphatic rings. The lowest BCUT2D eigenvalue weighted by Gasteiger charge is -2.04. The zero-order valence-electron chi connectivity index (χ0n) is 12.0. The molecule has 1 heterocycles. The number of carbonyl (C=O) groups is 2. The number of benzene rings is 1. The van der Waals surface area contributed by atoms with Gasteiger partial charge in [0, 0.05) is 22.7 Å². The Bertz CT molecular complexity index is 782. The number of methoxy groups -OCH3 is 1. The molecule has 1 N–H and O–H groups in total. The molecule has 1 aromatic heterocycles. The van der Waals surface area contributed by atoms with E-state index < -0.39 is 16.8 Å². The van der Waals surface area contributed by atoms with E-state index in [-0.39, 0.29) is 5.00 Å². The largest absolute Gasteiger partial charge is 0.465 e. The highest BCUT2D eigenvalue weighted by Gasteiger charge is 2.09. The van der Waals surface area contributed by atoms with Gasteiger partial charge in [-0.05, 0) is 30.3 Å². The molecule has 0 aliphatic heterocycles. The first-order chi connectivity index (χ1) is 11.0. The van der Waals surface area contributed by atoms with Gasteiger partial charge in [-0.3, -0.25) is 14.9 Å². The Kier molecular flexibility index (Phi) is 5.21. The van der Waals surface area contributed by atoms with Gasteiger partial charge < -0.3 is 10.1 Å². The molecule has 0 atom stereocenters. The van der Waals surface area contributed by atoms with Crippen LogP contribution >= 0.6 is 11.3 Å². The van der Waals surface area contributed by atoms with Crippen molar-refractivity contribution in [2.24, 2.45) is 0 Å². The van der Waals surface area contributed by atoms with Gasteiger partial charge >= 0.3 is 11.0 Å². The summed E-state index contributed by atoms with van der Waals surface area (Å²) in [6, 6.07) is 9.25. The molecule has 0 saturated heterocycles. The Morgan fingerprint density at radius 3 is 2.74 bits per heavy atom. The SMILES string of the molecule is COC(=O)c1cccc(NC(=O)/C=C/c2ccc([N+](=O)[O-])s2)c1. The molecule has 1 aromatic carbocycles. The Balaban J connectivity index is 2.02. The smallest absolute Gasteiger partial charge is 0.337 e. The van der Waals surface area contributed by atoms with Crippen LogP contribution < -0.4 is 5.32 Å². The Hall–Kier alpha value is -3.00. The van der Waals surface area contributed by atoms with Crippen molar-refractivity contribution < 1.29 is 19.2 Å². The van der Waals surface area contributed by atoms with Crippen LogP contribution in [0.2, 0.25) is 0 Å². The van der Waals surface area contributed by atoms with Crippen LogP contribution in [-0.4, -0.2) is 23.9 Å². The van der Waals surface area contributed by atoms with Crippen molar-refractivity contribution in [3.8, 4) is 0 Å². The van der Waals surface area contributed by atoms with Gasteiger partial charge in [-0.2, -0.15) is 0 Å². The summed E-state index contributed by atoms with van der Waals surface area (Å²) < 4.78 is 4.60. The van der Waals surface area contributed by atoms with Gasteiger partial charge in [0.15, 0.2) is 0 Å². The van der Waals surface area contributed by atoms with E-state index in [4.69, 9.17) is 0 Å². The molecular weight excluding hydrogens is 320 g/mol. The molecule has 23 heavy (non-hydrogen) atoms. The molecule has 0 saturated carbocycles. The maximum Gasteiger partial charge on any atom is 0.337 e. The van der Waals surface area contributed by atoms with Crippen LogP contribution in [0.1, 0.15) is 15.2 Å². The number of rotatable bonds is 5. The zero-order chi connectivity index (χ0) is 16.8. The van der Waals surface area contributed by atoms with E-state index in [9.17, 15) is 19.7 Å². The van der Waals surface area contributed by atoms with E-state index in [1.165, 1.54) is 31.4 Å². The molecule has 2 rings (SSSR count). The molecule has 0 bridgehead atoms. The van der Waals surface area contributed by atoms with Crippen LogP contribution in [0.25, 0.3) is 6.08 Å². The van der Waals surface area contributed by atoms with Crippen molar-refractivity contribution in [2.45, 2.75) is 0 Å². The standard InChI is InChI=1S/C15H12N2O5S/c1-22-15(19)10-3-2-4-11(9-10)16-13(18)7-5-12-6-8-14(23-12)17(20)21/h2-9H,1H3,(H,16,18)/b7-5+. The number of hydrogen-bond acceptors (Lipinski definition) is 6. The van der Waals surface area contributed by atoms with Gasteiger partial charge in [0.2, 0.25) is 5.91 Å². The maximum absolute atomic E-state index is 11.8. The zero-order valence-corrected chi connectivity index (χ0v) is 12.8. The minimum Gasteiger partial charge on any atom is -0.465 e. The second kappa shape index (κ2) is 7.32. The summed E-state index contributed by atoms with van der Waals surface area (Å²) in [6.07, 6.45) is 2.75. The molecule has 0 aliphatic carbocycles. The van der Waals surface area contributed by atoms with Gasteiger partial charge in [-0.15, -0.1) is 0 Å². The van der Waals surface area contributed by atoms with Crippen molar-refractivity contribution in [3.05, 3.63) is 63.0 Å². The average molecular weight is 332 g/mol. The van der Waals surface area contributed by atoms with Crippen molar-refractivity contribution >= 4 is 40.0 Å². The number of carbonyl (C=O) groups excluding carboxylic acids is 2. The van der Waals surface area contributed by atoms with E-state index in [2.05, 4.69) is 10.1 Å². The first-order valence-electron chi connectivity index (χ1n) is 6.41. The molecular formula is C15H12N2O5S. The lowest BCUT2D eigenvalue weighted by atomic mass is 10.2. The molecule has 0 fully saturated rings. The quantitative estimate of drug-likeness (QED) is 0.392. The summed E-state index contributed by atoms with van der Waals surface area (Å²) in [4.78, 5) is 33.9. The summed E-state index contributed by atoms with van der Waals surface area (Å²) in [5, 5.41) is 13.2. The lowest BCUT2D eigenvalue weighted by molar-refractivity contribution is -0.380. The minimum atomic E-state index is -0.498. The van der Waals surface area contributed by atoms with Crippen LogP contribution in [0.4, 0.5) is 10.7 Å². The number of ether oxygens (including phenoxy) is 1. The number of nitro groups is 1. The van der Waals surface area contributed by atoms with Crippen LogP contribution in [0.15, 0.2) is 42.5 Å². The highest BCUT2D eigenvalue weighted by atomic mass is 32.1. The Morgan fingerprint density at radius 2 is 2.09 bits per heavy atom. The molecule has 0 spiro atoms.